The topological polar surface area (TPSA) is 23.6 Å². The molecule has 0 radical (unpaired) electrons. The summed E-state index contributed by atoms with van der Waals surface area (Å²) >= 11 is 11.6. The van der Waals surface area contributed by atoms with Crippen LogP contribution in [0.4, 0.5) is 10.1 Å². The molecular formula is C19H19Cl2FN2O. The van der Waals surface area contributed by atoms with Crippen LogP contribution >= 0.6 is 23.2 Å². The molecule has 1 aliphatic heterocycles. The van der Waals surface area contributed by atoms with Gasteiger partial charge in [0.05, 0.1) is 5.02 Å². The zero-order valence-electron chi connectivity index (χ0n) is 13.7. The van der Waals surface area contributed by atoms with Crippen molar-refractivity contribution in [1.29, 1.82) is 0 Å². The first-order valence-corrected chi connectivity index (χ1v) is 8.99. The van der Waals surface area contributed by atoms with Crippen LogP contribution in [0.5, 0.6) is 0 Å². The fourth-order valence-electron chi connectivity index (χ4n) is 2.96. The molecule has 3 nitrogen and oxygen atoms in total. The molecule has 1 fully saturated rings. The third-order valence-corrected chi connectivity index (χ3v) is 5.02. The summed E-state index contributed by atoms with van der Waals surface area (Å²) in [6.07, 6.45) is 0.377. The molecule has 0 saturated carbocycles. The van der Waals surface area contributed by atoms with E-state index in [0.29, 0.717) is 18.5 Å². The summed E-state index contributed by atoms with van der Waals surface area (Å²) in [6, 6.07) is 12.1. The van der Waals surface area contributed by atoms with Crippen LogP contribution in [0.1, 0.15) is 16.8 Å². The van der Waals surface area contributed by atoms with Gasteiger partial charge in [0.25, 0.3) is 0 Å². The quantitative estimate of drug-likeness (QED) is 0.712. The third kappa shape index (κ3) is 4.72. The molecule has 6 heteroatoms. The smallest absolute Gasteiger partial charge is 0.164 e. The van der Waals surface area contributed by atoms with Crippen LogP contribution in [0.3, 0.4) is 0 Å². The highest BCUT2D eigenvalue weighted by Gasteiger charge is 2.18. The van der Waals surface area contributed by atoms with Gasteiger partial charge in [0.2, 0.25) is 0 Å². The van der Waals surface area contributed by atoms with Gasteiger partial charge in [0, 0.05) is 55.4 Å². The molecule has 0 aromatic heterocycles. The first-order chi connectivity index (χ1) is 12.0. The highest BCUT2D eigenvalue weighted by molar-refractivity contribution is 6.31. The normalized spacial score (nSPS) is 15.4. The minimum absolute atomic E-state index is 0.0369. The number of anilines is 1. The van der Waals surface area contributed by atoms with Crippen LogP contribution in [0.2, 0.25) is 10.0 Å². The van der Waals surface area contributed by atoms with Crippen molar-refractivity contribution in [3.63, 3.8) is 0 Å². The van der Waals surface area contributed by atoms with Gasteiger partial charge in [-0.2, -0.15) is 0 Å². The standard InChI is InChI=1S/C19H19Cl2FN2O/c20-15-2-4-16(5-3-15)24-11-9-23(10-12-24)8-7-19(25)14-1-6-17(21)18(22)13-14/h1-6,13H,7-12H2. The average molecular weight is 381 g/mol. The number of ketones is 1. The van der Waals surface area contributed by atoms with E-state index in [0.717, 1.165) is 36.9 Å². The monoisotopic (exact) mass is 380 g/mol. The number of piperazine rings is 1. The van der Waals surface area contributed by atoms with E-state index in [1.165, 1.54) is 12.1 Å². The maximum absolute atomic E-state index is 13.5. The van der Waals surface area contributed by atoms with Gasteiger partial charge in [0.1, 0.15) is 5.82 Å². The average Bonchev–Trinajstić information content (AvgIpc) is 2.63. The predicted octanol–water partition coefficient (Wildman–Crippen LogP) is 4.53. The van der Waals surface area contributed by atoms with Crippen molar-refractivity contribution in [3.05, 3.63) is 63.9 Å². The Labute approximate surface area is 156 Å². The second-order valence-electron chi connectivity index (χ2n) is 6.11. The van der Waals surface area contributed by atoms with Gasteiger partial charge in [-0.3, -0.25) is 9.69 Å². The number of Topliss-reactive ketones (excluding diaryl/α,β-unsaturated/α-hetero) is 1. The lowest BCUT2D eigenvalue weighted by atomic mass is 10.1. The van der Waals surface area contributed by atoms with Crippen LogP contribution in [0.15, 0.2) is 42.5 Å². The molecular weight excluding hydrogens is 362 g/mol. The molecule has 0 aliphatic carbocycles. The molecule has 3 rings (SSSR count). The fraction of sp³-hybridized carbons (Fsp3) is 0.316. The van der Waals surface area contributed by atoms with Crippen LogP contribution in [0.25, 0.3) is 0 Å². The zero-order chi connectivity index (χ0) is 17.8. The van der Waals surface area contributed by atoms with Crippen molar-refractivity contribution in [2.24, 2.45) is 0 Å². The summed E-state index contributed by atoms with van der Waals surface area (Å²) in [7, 11) is 0. The van der Waals surface area contributed by atoms with Crippen LogP contribution in [-0.4, -0.2) is 43.4 Å². The summed E-state index contributed by atoms with van der Waals surface area (Å²) in [5.41, 5.74) is 1.54. The summed E-state index contributed by atoms with van der Waals surface area (Å²) in [6.45, 7) is 4.28. The van der Waals surface area contributed by atoms with Crippen molar-refractivity contribution in [2.45, 2.75) is 6.42 Å². The van der Waals surface area contributed by atoms with Gasteiger partial charge in [0.15, 0.2) is 5.78 Å². The molecule has 0 unspecified atom stereocenters. The number of carbonyl (C=O) groups excluding carboxylic acids is 1. The number of halogens is 3. The van der Waals surface area contributed by atoms with Gasteiger partial charge >= 0.3 is 0 Å². The molecule has 25 heavy (non-hydrogen) atoms. The fourth-order valence-corrected chi connectivity index (χ4v) is 3.20. The maximum atomic E-state index is 13.5. The van der Waals surface area contributed by atoms with Crippen LogP contribution in [-0.2, 0) is 0 Å². The lowest BCUT2D eigenvalue weighted by molar-refractivity contribution is 0.0962. The van der Waals surface area contributed by atoms with Gasteiger partial charge in [-0.15, -0.1) is 0 Å². The molecule has 132 valence electrons. The number of rotatable bonds is 5. The first-order valence-electron chi connectivity index (χ1n) is 8.24. The largest absolute Gasteiger partial charge is 0.369 e. The molecule has 1 heterocycles. The Morgan fingerprint density at radius 2 is 1.68 bits per heavy atom. The van der Waals surface area contributed by atoms with Crippen molar-refractivity contribution in [2.75, 3.05) is 37.6 Å². The lowest BCUT2D eigenvalue weighted by Crippen LogP contribution is -2.46. The minimum atomic E-state index is -0.552. The predicted molar refractivity (Wildman–Crippen MR) is 100 cm³/mol. The van der Waals surface area contributed by atoms with Crippen LogP contribution < -0.4 is 4.90 Å². The summed E-state index contributed by atoms with van der Waals surface area (Å²) < 4.78 is 13.5. The number of hydrogen-bond donors (Lipinski definition) is 0. The molecule has 0 bridgehead atoms. The van der Waals surface area contributed by atoms with E-state index in [2.05, 4.69) is 9.80 Å². The molecule has 0 N–H and O–H groups in total. The van der Waals surface area contributed by atoms with E-state index < -0.39 is 5.82 Å². The summed E-state index contributed by atoms with van der Waals surface area (Å²) in [4.78, 5) is 16.8. The number of hydrogen-bond acceptors (Lipinski definition) is 3. The second kappa shape index (κ2) is 8.17. The Kier molecular flexibility index (Phi) is 5.94. The van der Waals surface area contributed by atoms with Gasteiger partial charge in [-0.25, -0.2) is 4.39 Å². The van der Waals surface area contributed by atoms with Crippen molar-refractivity contribution in [3.8, 4) is 0 Å². The second-order valence-corrected chi connectivity index (χ2v) is 6.95. The first kappa shape index (κ1) is 18.2. The highest BCUT2D eigenvalue weighted by Crippen LogP contribution is 2.20. The van der Waals surface area contributed by atoms with Crippen LogP contribution in [0, 0.1) is 5.82 Å². The van der Waals surface area contributed by atoms with Crippen molar-refractivity contribution < 1.29 is 9.18 Å². The van der Waals surface area contributed by atoms with Gasteiger partial charge in [-0.1, -0.05) is 23.2 Å². The van der Waals surface area contributed by atoms with E-state index in [4.69, 9.17) is 23.2 Å². The molecule has 0 atom stereocenters. The zero-order valence-corrected chi connectivity index (χ0v) is 15.2. The Balaban J connectivity index is 1.48. The van der Waals surface area contributed by atoms with E-state index in [1.54, 1.807) is 6.07 Å². The Bertz CT molecular complexity index is 744. The third-order valence-electron chi connectivity index (χ3n) is 4.46. The number of carbonyl (C=O) groups is 1. The molecule has 0 amide bonds. The minimum Gasteiger partial charge on any atom is -0.369 e. The lowest BCUT2D eigenvalue weighted by Gasteiger charge is -2.36. The van der Waals surface area contributed by atoms with Gasteiger partial charge in [-0.05, 0) is 42.5 Å². The van der Waals surface area contributed by atoms with E-state index in [9.17, 15) is 9.18 Å². The Morgan fingerprint density at radius 1 is 1.00 bits per heavy atom. The van der Waals surface area contributed by atoms with E-state index in [-0.39, 0.29) is 10.8 Å². The molecule has 0 spiro atoms. The molecule has 2 aromatic carbocycles. The number of nitrogens with zero attached hydrogens (tertiary/aromatic N) is 2. The SMILES string of the molecule is O=C(CCN1CCN(c2ccc(Cl)cc2)CC1)c1ccc(Cl)c(F)c1. The maximum Gasteiger partial charge on any atom is 0.164 e. The Hall–Kier alpha value is -1.62. The van der Waals surface area contributed by atoms with E-state index >= 15 is 0 Å². The molecule has 1 aliphatic rings. The van der Waals surface area contributed by atoms with Gasteiger partial charge < -0.3 is 4.90 Å². The van der Waals surface area contributed by atoms with Crippen molar-refractivity contribution >= 4 is 34.7 Å². The van der Waals surface area contributed by atoms with E-state index in [1.807, 2.05) is 24.3 Å². The summed E-state index contributed by atoms with van der Waals surface area (Å²) in [5, 5.41) is 0.773. The number of benzene rings is 2. The highest BCUT2D eigenvalue weighted by atomic mass is 35.5. The molecule has 1 saturated heterocycles. The molecule has 2 aromatic rings. The Morgan fingerprint density at radius 3 is 2.32 bits per heavy atom. The van der Waals surface area contributed by atoms with Crippen molar-refractivity contribution in [1.82, 2.24) is 4.90 Å². The summed E-state index contributed by atoms with van der Waals surface area (Å²) in [5.74, 6) is -0.611.